The summed E-state index contributed by atoms with van der Waals surface area (Å²) in [6.07, 6.45) is 8.58. The maximum Gasteiger partial charge on any atom is 0.272 e. The third kappa shape index (κ3) is 3.00. The van der Waals surface area contributed by atoms with Crippen LogP contribution in [-0.4, -0.2) is 49.8 Å². The summed E-state index contributed by atoms with van der Waals surface area (Å²) in [5.74, 6) is -0.500. The van der Waals surface area contributed by atoms with Gasteiger partial charge in [0.1, 0.15) is 11.3 Å². The average molecular weight is 390 g/mol. The van der Waals surface area contributed by atoms with Gasteiger partial charge in [0.15, 0.2) is 0 Å². The Kier molecular flexibility index (Phi) is 4.19. The molecule has 0 aromatic carbocycles. The highest BCUT2D eigenvalue weighted by atomic mass is 16.2. The minimum absolute atomic E-state index is 0.00584. The van der Waals surface area contributed by atoms with Crippen molar-refractivity contribution in [1.29, 1.82) is 0 Å². The van der Waals surface area contributed by atoms with E-state index in [9.17, 15) is 9.59 Å². The number of amides is 2. The largest absolute Gasteiger partial charge is 0.381 e. The number of nitrogens with two attached hydrogens (primary N) is 1. The van der Waals surface area contributed by atoms with Crippen molar-refractivity contribution < 1.29 is 9.59 Å². The van der Waals surface area contributed by atoms with Gasteiger partial charge in [0.05, 0.1) is 11.3 Å². The third-order valence-corrected chi connectivity index (χ3v) is 6.05. The summed E-state index contributed by atoms with van der Waals surface area (Å²) in [6.45, 7) is 0. The predicted octanol–water partition coefficient (Wildman–Crippen LogP) is 2.30. The topological polar surface area (TPSA) is 117 Å². The van der Waals surface area contributed by atoms with Crippen LogP contribution in [0.5, 0.6) is 0 Å². The van der Waals surface area contributed by atoms with Gasteiger partial charge in [-0.2, -0.15) is 0 Å². The first kappa shape index (κ1) is 17.7. The van der Waals surface area contributed by atoms with Crippen molar-refractivity contribution >= 4 is 28.5 Å². The molecule has 2 aliphatic heterocycles. The van der Waals surface area contributed by atoms with E-state index in [0.29, 0.717) is 16.9 Å². The molecule has 148 valence electrons. The Hall–Kier alpha value is -3.42. The number of aromatic amines is 1. The molecule has 8 heteroatoms. The minimum atomic E-state index is -0.506. The lowest BCUT2D eigenvalue weighted by atomic mass is 9.96. The summed E-state index contributed by atoms with van der Waals surface area (Å²) < 4.78 is 0. The molecule has 0 aliphatic carbocycles. The quantitative estimate of drug-likeness (QED) is 0.632. The maximum atomic E-state index is 13.0. The number of hydrogen-bond donors (Lipinski definition) is 3. The summed E-state index contributed by atoms with van der Waals surface area (Å²) in [5.41, 5.74) is 7.90. The highest BCUT2D eigenvalue weighted by Gasteiger charge is 2.44. The summed E-state index contributed by atoms with van der Waals surface area (Å²) in [6, 6.07) is 7.81. The van der Waals surface area contributed by atoms with Crippen molar-refractivity contribution in [2.45, 2.75) is 43.8 Å². The highest BCUT2D eigenvalue weighted by Crippen LogP contribution is 2.38. The number of primary amides is 1. The zero-order chi connectivity index (χ0) is 20.0. The van der Waals surface area contributed by atoms with Crippen molar-refractivity contribution in [2.75, 3.05) is 5.32 Å². The molecule has 2 amide bonds. The van der Waals surface area contributed by atoms with E-state index in [4.69, 9.17) is 5.73 Å². The molecule has 3 aromatic heterocycles. The first-order valence-corrected chi connectivity index (χ1v) is 9.88. The summed E-state index contributed by atoms with van der Waals surface area (Å²) >= 11 is 0. The van der Waals surface area contributed by atoms with Crippen LogP contribution in [0.25, 0.3) is 11.0 Å². The summed E-state index contributed by atoms with van der Waals surface area (Å²) in [5, 5.41) is 4.39. The molecule has 0 radical (unpaired) electrons. The molecule has 2 saturated heterocycles. The highest BCUT2D eigenvalue weighted by molar-refractivity contribution is 6.06. The molecule has 2 aliphatic rings. The summed E-state index contributed by atoms with van der Waals surface area (Å²) in [7, 11) is 0. The number of nitrogens with one attached hydrogen (secondary N) is 2. The molecule has 8 nitrogen and oxygen atoms in total. The number of piperidine rings is 1. The number of rotatable bonds is 4. The van der Waals surface area contributed by atoms with Crippen LogP contribution >= 0.6 is 0 Å². The molecule has 5 rings (SSSR count). The molecule has 0 saturated carbocycles. The van der Waals surface area contributed by atoms with Crippen molar-refractivity contribution in [3.8, 4) is 0 Å². The number of pyridine rings is 2. The van der Waals surface area contributed by atoms with Crippen LogP contribution in [0, 0.1) is 0 Å². The Morgan fingerprint density at radius 1 is 1.14 bits per heavy atom. The van der Waals surface area contributed by atoms with E-state index in [1.807, 2.05) is 23.1 Å². The van der Waals surface area contributed by atoms with E-state index in [2.05, 4.69) is 20.3 Å². The number of nitrogens with zero attached hydrogens (tertiary/aromatic N) is 3. The Morgan fingerprint density at radius 3 is 2.62 bits per heavy atom. The second-order valence-corrected chi connectivity index (χ2v) is 7.78. The van der Waals surface area contributed by atoms with E-state index in [0.717, 1.165) is 36.8 Å². The van der Waals surface area contributed by atoms with Gasteiger partial charge in [-0.3, -0.25) is 14.6 Å². The molecule has 0 spiro atoms. The molecule has 2 fully saturated rings. The van der Waals surface area contributed by atoms with Crippen molar-refractivity contribution in [3.05, 3.63) is 54.1 Å². The molecule has 29 heavy (non-hydrogen) atoms. The Morgan fingerprint density at radius 2 is 1.93 bits per heavy atom. The summed E-state index contributed by atoms with van der Waals surface area (Å²) in [4.78, 5) is 38.5. The number of carbonyl (C=O) groups is 2. The third-order valence-electron chi connectivity index (χ3n) is 6.05. The fourth-order valence-electron chi connectivity index (χ4n) is 4.80. The van der Waals surface area contributed by atoms with E-state index in [1.165, 1.54) is 6.20 Å². The molecule has 4 N–H and O–H groups in total. The van der Waals surface area contributed by atoms with Crippen molar-refractivity contribution in [2.24, 2.45) is 5.73 Å². The Labute approximate surface area is 167 Å². The van der Waals surface area contributed by atoms with Gasteiger partial charge in [0.2, 0.25) is 0 Å². The number of aromatic nitrogens is 3. The number of anilines is 1. The van der Waals surface area contributed by atoms with Crippen molar-refractivity contribution in [3.63, 3.8) is 0 Å². The van der Waals surface area contributed by atoms with Gasteiger partial charge in [-0.25, -0.2) is 4.98 Å². The number of carbonyl (C=O) groups excluding carboxylic acids is 2. The van der Waals surface area contributed by atoms with E-state index in [1.54, 1.807) is 18.5 Å². The Balaban J connectivity index is 1.39. The zero-order valence-corrected chi connectivity index (χ0v) is 15.8. The van der Waals surface area contributed by atoms with E-state index in [-0.39, 0.29) is 24.0 Å². The zero-order valence-electron chi connectivity index (χ0n) is 15.8. The fourth-order valence-corrected chi connectivity index (χ4v) is 4.80. The maximum absolute atomic E-state index is 13.0. The number of H-pyrrole nitrogens is 1. The molecular formula is C21H22N6O2. The fraction of sp³-hybridized carbons (Fsp3) is 0.333. The van der Waals surface area contributed by atoms with Gasteiger partial charge < -0.3 is 20.9 Å². The second-order valence-electron chi connectivity index (χ2n) is 7.78. The molecule has 2 bridgehead atoms. The minimum Gasteiger partial charge on any atom is -0.381 e. The van der Waals surface area contributed by atoms with Crippen LogP contribution in [0.15, 0.2) is 42.9 Å². The van der Waals surface area contributed by atoms with Gasteiger partial charge in [0, 0.05) is 42.1 Å². The first-order chi connectivity index (χ1) is 14.1. The molecule has 3 aromatic rings. The van der Waals surface area contributed by atoms with Gasteiger partial charge >= 0.3 is 0 Å². The van der Waals surface area contributed by atoms with Crippen LogP contribution < -0.4 is 11.1 Å². The predicted molar refractivity (Wildman–Crippen MR) is 108 cm³/mol. The number of fused-ring (bicyclic) bond motifs is 3. The Bertz CT molecular complexity index is 1070. The van der Waals surface area contributed by atoms with Gasteiger partial charge in [-0.15, -0.1) is 0 Å². The smallest absolute Gasteiger partial charge is 0.272 e. The van der Waals surface area contributed by atoms with Crippen LogP contribution in [0.2, 0.25) is 0 Å². The second kappa shape index (κ2) is 6.88. The molecule has 5 heterocycles. The molecule has 3 atom stereocenters. The number of hydrogen-bond acceptors (Lipinski definition) is 5. The van der Waals surface area contributed by atoms with E-state index < -0.39 is 5.91 Å². The lowest BCUT2D eigenvalue weighted by Gasteiger charge is -2.39. The van der Waals surface area contributed by atoms with Crippen molar-refractivity contribution in [1.82, 2.24) is 19.9 Å². The van der Waals surface area contributed by atoms with E-state index >= 15 is 0 Å². The van der Waals surface area contributed by atoms with Crippen LogP contribution in [-0.2, 0) is 0 Å². The molecule has 1 unspecified atom stereocenters. The lowest BCUT2D eigenvalue weighted by molar-refractivity contribution is 0.0577. The SMILES string of the molecule is NC(=O)c1cnc2[nH]ccc2c1NC1C[C@H]2CC[C@@H](C1)N2C(=O)c1ccccn1. The standard InChI is InChI=1S/C21H22N6O2/c22-19(28)16-11-25-20-15(6-8-24-20)18(16)26-12-9-13-4-5-14(10-12)27(13)21(29)17-3-1-2-7-23-17/h1-3,6-8,11-14H,4-5,9-10H2,(H2,22,28)(H2,24,25,26)/t12?,13-,14+. The van der Waals surface area contributed by atoms with Gasteiger partial charge in [0.25, 0.3) is 11.8 Å². The normalized spacial score (nSPS) is 23.3. The monoisotopic (exact) mass is 390 g/mol. The molecular weight excluding hydrogens is 368 g/mol. The van der Waals surface area contributed by atoms with Crippen LogP contribution in [0.4, 0.5) is 5.69 Å². The van der Waals surface area contributed by atoms with Crippen LogP contribution in [0.3, 0.4) is 0 Å². The van der Waals surface area contributed by atoms with Gasteiger partial charge in [-0.05, 0) is 43.9 Å². The van der Waals surface area contributed by atoms with Crippen LogP contribution in [0.1, 0.15) is 46.5 Å². The van der Waals surface area contributed by atoms with Gasteiger partial charge in [-0.1, -0.05) is 6.07 Å². The lowest BCUT2D eigenvalue weighted by Crippen LogP contribution is -2.50. The first-order valence-electron chi connectivity index (χ1n) is 9.88. The average Bonchev–Trinajstić information content (AvgIpc) is 3.31.